The Hall–Kier alpha value is -0.860. The molecule has 96 valence electrons. The van der Waals surface area contributed by atoms with Gasteiger partial charge in [0.15, 0.2) is 10.4 Å². The molecule has 0 aliphatic carbocycles. The zero-order chi connectivity index (χ0) is 13.2. The Balaban J connectivity index is 3.06. The molecule has 0 aliphatic rings. The minimum atomic E-state index is -3.90. The summed E-state index contributed by atoms with van der Waals surface area (Å²) in [6.45, 7) is 2.49. The lowest BCUT2D eigenvalue weighted by molar-refractivity contribution is 0.0762. The maximum absolute atomic E-state index is 11.8. The number of carbonyl (C=O) groups excluding carboxylic acids is 1. The molecule has 0 fully saturated rings. The van der Waals surface area contributed by atoms with Gasteiger partial charge in [0.25, 0.3) is 5.91 Å². The van der Waals surface area contributed by atoms with Crippen molar-refractivity contribution >= 4 is 31.9 Å². The molecular weight excluding hydrogens is 312 g/mol. The summed E-state index contributed by atoms with van der Waals surface area (Å²) >= 11 is 2.91. The Kier molecular flexibility index (Phi) is 4.34. The molecule has 1 amide bonds. The fourth-order valence-electron chi connectivity index (χ4n) is 1.28. The lowest BCUT2D eigenvalue weighted by atomic mass is 10.3. The second-order valence-corrected chi connectivity index (χ2v) is 5.77. The average molecular weight is 325 g/mol. The highest BCUT2D eigenvalue weighted by Crippen LogP contribution is 2.25. The van der Waals surface area contributed by atoms with E-state index in [-0.39, 0.29) is 21.2 Å². The van der Waals surface area contributed by atoms with Gasteiger partial charge in [0, 0.05) is 19.7 Å². The Morgan fingerprint density at radius 1 is 1.59 bits per heavy atom. The fourth-order valence-corrected chi connectivity index (χ4v) is 2.78. The van der Waals surface area contributed by atoms with Gasteiger partial charge >= 0.3 is 0 Å². The second kappa shape index (κ2) is 5.19. The molecule has 0 radical (unpaired) electrons. The number of halogens is 1. The number of rotatable bonds is 4. The summed E-state index contributed by atoms with van der Waals surface area (Å²) in [5, 5.41) is 4.96. The third kappa shape index (κ3) is 3.30. The average Bonchev–Trinajstić information content (AvgIpc) is 2.59. The Morgan fingerprint density at radius 2 is 2.18 bits per heavy atom. The lowest BCUT2D eigenvalue weighted by Gasteiger charge is -2.13. The van der Waals surface area contributed by atoms with E-state index < -0.39 is 10.0 Å². The number of hydrogen-bond acceptors (Lipinski definition) is 4. The van der Waals surface area contributed by atoms with Crippen molar-refractivity contribution in [2.45, 2.75) is 18.2 Å². The zero-order valence-electron chi connectivity index (χ0n) is 9.44. The molecule has 0 aromatic carbocycles. The smallest absolute Gasteiger partial charge is 0.289 e. The highest BCUT2D eigenvalue weighted by atomic mass is 79.9. The molecule has 8 heteroatoms. The maximum Gasteiger partial charge on any atom is 0.289 e. The number of hydrogen-bond donors (Lipinski definition) is 1. The van der Waals surface area contributed by atoms with Crippen molar-refractivity contribution in [3.8, 4) is 0 Å². The zero-order valence-corrected chi connectivity index (χ0v) is 11.8. The minimum absolute atomic E-state index is 0.0585. The highest BCUT2D eigenvalue weighted by Gasteiger charge is 2.23. The molecule has 1 heterocycles. The van der Waals surface area contributed by atoms with Crippen molar-refractivity contribution in [1.29, 1.82) is 0 Å². The SMILES string of the molecule is CCCN(C)C(=O)c1cc(S(N)(=O)=O)c(Br)o1. The Bertz CT molecular complexity index is 523. The van der Waals surface area contributed by atoms with E-state index in [4.69, 9.17) is 9.56 Å². The molecule has 1 aromatic rings. The van der Waals surface area contributed by atoms with Crippen molar-refractivity contribution in [1.82, 2.24) is 4.90 Å². The van der Waals surface area contributed by atoms with Crippen molar-refractivity contribution in [3.63, 3.8) is 0 Å². The van der Waals surface area contributed by atoms with E-state index in [0.717, 1.165) is 12.5 Å². The summed E-state index contributed by atoms with van der Waals surface area (Å²) in [7, 11) is -2.29. The van der Waals surface area contributed by atoms with Crippen LogP contribution in [0, 0.1) is 0 Å². The van der Waals surface area contributed by atoms with Crippen LogP contribution in [0.3, 0.4) is 0 Å². The summed E-state index contributed by atoms with van der Waals surface area (Å²) in [4.78, 5) is 13.0. The van der Waals surface area contributed by atoms with Crippen molar-refractivity contribution in [2.24, 2.45) is 5.14 Å². The van der Waals surface area contributed by atoms with Gasteiger partial charge in [0.05, 0.1) is 0 Å². The largest absolute Gasteiger partial charge is 0.443 e. The van der Waals surface area contributed by atoms with Crippen molar-refractivity contribution < 1.29 is 17.6 Å². The van der Waals surface area contributed by atoms with Crippen LogP contribution in [0.1, 0.15) is 23.9 Å². The van der Waals surface area contributed by atoms with Gasteiger partial charge in [-0.25, -0.2) is 13.6 Å². The van der Waals surface area contributed by atoms with Gasteiger partial charge in [-0.1, -0.05) is 6.92 Å². The molecular formula is C9H13BrN2O4S. The first-order valence-corrected chi connectivity index (χ1v) is 7.19. The van der Waals surface area contributed by atoms with Crippen molar-refractivity contribution in [2.75, 3.05) is 13.6 Å². The lowest BCUT2D eigenvalue weighted by Crippen LogP contribution is -2.27. The molecule has 6 nitrogen and oxygen atoms in total. The van der Waals surface area contributed by atoms with Crippen LogP contribution < -0.4 is 5.14 Å². The van der Waals surface area contributed by atoms with E-state index in [0.29, 0.717) is 6.54 Å². The van der Waals surface area contributed by atoms with E-state index >= 15 is 0 Å². The molecule has 0 spiro atoms. The molecule has 1 rings (SSSR count). The number of primary sulfonamides is 1. The Morgan fingerprint density at radius 3 is 2.59 bits per heavy atom. The summed E-state index contributed by atoms with van der Waals surface area (Å²) in [6, 6.07) is 1.12. The van der Waals surface area contributed by atoms with Gasteiger partial charge in [0.2, 0.25) is 10.0 Å². The third-order valence-corrected chi connectivity index (χ3v) is 3.85. The number of nitrogens with two attached hydrogens (primary N) is 1. The van der Waals surface area contributed by atoms with Gasteiger partial charge in [0.1, 0.15) is 4.90 Å². The molecule has 0 unspecified atom stereocenters. The Labute approximate surface area is 108 Å². The van der Waals surface area contributed by atoms with Crippen LogP contribution >= 0.6 is 15.9 Å². The van der Waals surface area contributed by atoms with E-state index in [2.05, 4.69) is 15.9 Å². The highest BCUT2D eigenvalue weighted by molar-refractivity contribution is 9.10. The van der Waals surface area contributed by atoms with Gasteiger partial charge in [-0.05, 0) is 22.4 Å². The molecule has 0 bridgehead atoms. The van der Waals surface area contributed by atoms with Crippen LogP contribution in [0.4, 0.5) is 0 Å². The van der Waals surface area contributed by atoms with Crippen LogP contribution in [0.15, 0.2) is 20.0 Å². The van der Waals surface area contributed by atoms with Crippen LogP contribution in [-0.2, 0) is 10.0 Å². The second-order valence-electron chi connectivity index (χ2n) is 3.52. The first-order chi connectivity index (χ1) is 7.77. The molecule has 17 heavy (non-hydrogen) atoms. The molecule has 0 atom stereocenters. The summed E-state index contributed by atoms with van der Waals surface area (Å²) in [6.07, 6.45) is 0.798. The van der Waals surface area contributed by atoms with Crippen LogP contribution in [0.25, 0.3) is 0 Å². The number of carbonyl (C=O) groups is 1. The van der Waals surface area contributed by atoms with Gasteiger partial charge < -0.3 is 9.32 Å². The van der Waals surface area contributed by atoms with Gasteiger partial charge in [-0.3, -0.25) is 4.79 Å². The monoisotopic (exact) mass is 324 g/mol. The van der Waals surface area contributed by atoms with Crippen molar-refractivity contribution in [3.05, 3.63) is 16.5 Å². The van der Waals surface area contributed by atoms with Gasteiger partial charge in [-0.15, -0.1) is 0 Å². The van der Waals surface area contributed by atoms with E-state index in [1.807, 2.05) is 6.92 Å². The molecule has 1 aromatic heterocycles. The predicted octanol–water partition coefficient (Wildman–Crippen LogP) is 1.17. The number of sulfonamides is 1. The third-order valence-electron chi connectivity index (χ3n) is 2.08. The maximum atomic E-state index is 11.8. The molecule has 2 N–H and O–H groups in total. The quantitative estimate of drug-likeness (QED) is 0.899. The molecule has 0 saturated carbocycles. The predicted molar refractivity (Wildman–Crippen MR) is 65.0 cm³/mol. The van der Waals surface area contributed by atoms with E-state index in [9.17, 15) is 13.2 Å². The van der Waals surface area contributed by atoms with Gasteiger partial charge in [-0.2, -0.15) is 0 Å². The number of furan rings is 1. The standard InChI is InChI=1S/C9H13BrN2O4S/c1-3-4-12(2)9(13)6-5-7(8(10)16-6)17(11,14)15/h5H,3-4H2,1-2H3,(H2,11,14,15). The molecule has 0 aliphatic heterocycles. The minimum Gasteiger partial charge on any atom is -0.443 e. The van der Waals surface area contributed by atoms with E-state index in [1.54, 1.807) is 7.05 Å². The van der Waals surface area contributed by atoms with E-state index in [1.165, 1.54) is 4.90 Å². The first kappa shape index (κ1) is 14.2. The number of nitrogens with zero attached hydrogens (tertiary/aromatic N) is 1. The number of amides is 1. The normalized spacial score (nSPS) is 11.5. The van der Waals surface area contributed by atoms with Crippen LogP contribution in [0.2, 0.25) is 0 Å². The molecule has 0 saturated heterocycles. The fraction of sp³-hybridized carbons (Fsp3) is 0.444. The topological polar surface area (TPSA) is 93.6 Å². The van der Waals surface area contributed by atoms with Crippen LogP contribution in [0.5, 0.6) is 0 Å². The summed E-state index contributed by atoms with van der Waals surface area (Å²) in [5.74, 6) is -0.445. The first-order valence-electron chi connectivity index (χ1n) is 4.85. The summed E-state index contributed by atoms with van der Waals surface area (Å²) < 4.78 is 27.3. The summed E-state index contributed by atoms with van der Waals surface area (Å²) in [5.41, 5.74) is 0. The van der Waals surface area contributed by atoms with Crippen LogP contribution in [-0.4, -0.2) is 32.8 Å².